The summed E-state index contributed by atoms with van der Waals surface area (Å²) in [4.78, 5) is 11.1. The lowest BCUT2D eigenvalue weighted by molar-refractivity contribution is 0.0999. The van der Waals surface area contributed by atoms with E-state index in [1.165, 1.54) is 0 Å². The van der Waals surface area contributed by atoms with Gasteiger partial charge in [0.1, 0.15) is 0 Å². The van der Waals surface area contributed by atoms with E-state index in [1.54, 1.807) is 12.1 Å². The zero-order valence-corrected chi connectivity index (χ0v) is 7.84. The number of amides is 1. The maximum atomic E-state index is 11.1. The summed E-state index contributed by atoms with van der Waals surface area (Å²) in [6.07, 6.45) is 2.23. The first-order valence-corrected chi connectivity index (χ1v) is 4.66. The van der Waals surface area contributed by atoms with E-state index < -0.39 is 0 Å². The molecule has 0 spiro atoms. The van der Waals surface area contributed by atoms with Gasteiger partial charge in [0.25, 0.3) is 0 Å². The highest BCUT2D eigenvalue weighted by Gasteiger charge is 2.29. The molecular formula is C10H10ClNO. The summed E-state index contributed by atoms with van der Waals surface area (Å²) < 4.78 is 0. The van der Waals surface area contributed by atoms with Crippen molar-refractivity contribution < 1.29 is 4.79 Å². The van der Waals surface area contributed by atoms with Crippen LogP contribution in [-0.2, 0) is 0 Å². The summed E-state index contributed by atoms with van der Waals surface area (Å²) in [5.74, 6) is 0.0700. The summed E-state index contributed by atoms with van der Waals surface area (Å²) in [7, 11) is 0. The topological polar surface area (TPSA) is 43.1 Å². The summed E-state index contributed by atoms with van der Waals surface area (Å²) in [5.41, 5.74) is 6.77. The Balaban J connectivity index is 2.53. The van der Waals surface area contributed by atoms with Crippen LogP contribution in [0.4, 0.5) is 0 Å². The van der Waals surface area contributed by atoms with Crippen molar-refractivity contribution in [2.45, 2.75) is 18.8 Å². The van der Waals surface area contributed by atoms with Crippen LogP contribution in [0, 0.1) is 0 Å². The highest BCUT2D eigenvalue weighted by molar-refractivity contribution is 6.32. The minimum Gasteiger partial charge on any atom is -0.366 e. The van der Waals surface area contributed by atoms with Crippen molar-refractivity contribution in [3.8, 4) is 0 Å². The number of carbonyl (C=O) groups excluding carboxylic acids is 1. The van der Waals surface area contributed by atoms with Crippen LogP contribution in [0.2, 0.25) is 5.02 Å². The fourth-order valence-corrected chi connectivity index (χ4v) is 1.87. The van der Waals surface area contributed by atoms with Gasteiger partial charge in [0.05, 0.1) is 0 Å². The third-order valence-electron chi connectivity index (χ3n) is 2.30. The summed E-state index contributed by atoms with van der Waals surface area (Å²) in [5, 5.41) is 0.666. The number of hydrogen-bond acceptors (Lipinski definition) is 1. The van der Waals surface area contributed by atoms with E-state index in [0.717, 1.165) is 18.4 Å². The Bertz CT molecular complexity index is 358. The Kier molecular flexibility index (Phi) is 2.00. The summed E-state index contributed by atoms with van der Waals surface area (Å²) in [6.45, 7) is 0. The summed E-state index contributed by atoms with van der Waals surface area (Å²) in [6, 6.07) is 5.30. The second kappa shape index (κ2) is 3.04. The average molecular weight is 196 g/mol. The maximum absolute atomic E-state index is 11.1. The lowest BCUT2D eigenvalue weighted by Gasteiger charge is -2.06. The zero-order chi connectivity index (χ0) is 9.42. The van der Waals surface area contributed by atoms with Gasteiger partial charge in [0, 0.05) is 10.6 Å². The van der Waals surface area contributed by atoms with E-state index in [-0.39, 0.29) is 5.91 Å². The SMILES string of the molecule is NC(=O)c1cccc(Cl)c1C1CC1. The number of primary amides is 1. The van der Waals surface area contributed by atoms with Crippen molar-refractivity contribution in [2.24, 2.45) is 5.73 Å². The van der Waals surface area contributed by atoms with Crippen molar-refractivity contribution in [1.82, 2.24) is 0 Å². The molecule has 0 bridgehead atoms. The second-order valence-corrected chi connectivity index (χ2v) is 3.75. The quantitative estimate of drug-likeness (QED) is 0.773. The zero-order valence-electron chi connectivity index (χ0n) is 7.09. The Labute approximate surface area is 81.7 Å². The van der Waals surface area contributed by atoms with Crippen LogP contribution >= 0.6 is 11.6 Å². The van der Waals surface area contributed by atoms with Crippen molar-refractivity contribution in [2.75, 3.05) is 0 Å². The highest BCUT2D eigenvalue weighted by Crippen LogP contribution is 2.44. The van der Waals surface area contributed by atoms with E-state index in [4.69, 9.17) is 17.3 Å². The number of benzene rings is 1. The van der Waals surface area contributed by atoms with Crippen molar-refractivity contribution in [1.29, 1.82) is 0 Å². The third-order valence-corrected chi connectivity index (χ3v) is 2.63. The molecule has 0 atom stereocenters. The van der Waals surface area contributed by atoms with Crippen LogP contribution in [0.1, 0.15) is 34.7 Å². The molecule has 68 valence electrons. The van der Waals surface area contributed by atoms with Crippen molar-refractivity contribution in [3.05, 3.63) is 34.3 Å². The van der Waals surface area contributed by atoms with Gasteiger partial charge in [-0.3, -0.25) is 4.79 Å². The fraction of sp³-hybridized carbons (Fsp3) is 0.300. The third kappa shape index (κ3) is 1.54. The normalized spacial score (nSPS) is 15.8. The van der Waals surface area contributed by atoms with Crippen LogP contribution < -0.4 is 5.73 Å². The van der Waals surface area contributed by atoms with Crippen molar-refractivity contribution >= 4 is 17.5 Å². The average Bonchev–Trinajstić information content (AvgIpc) is 2.86. The Hall–Kier alpha value is -1.02. The number of hydrogen-bond donors (Lipinski definition) is 1. The van der Waals surface area contributed by atoms with Gasteiger partial charge in [0.15, 0.2) is 0 Å². The van der Waals surface area contributed by atoms with Gasteiger partial charge in [-0.1, -0.05) is 17.7 Å². The molecule has 1 aromatic carbocycles. The number of carbonyl (C=O) groups is 1. The second-order valence-electron chi connectivity index (χ2n) is 3.34. The van der Waals surface area contributed by atoms with Crippen LogP contribution in [0.3, 0.4) is 0 Å². The molecule has 1 amide bonds. The van der Waals surface area contributed by atoms with Gasteiger partial charge < -0.3 is 5.73 Å². The number of rotatable bonds is 2. The molecule has 0 aliphatic heterocycles. The molecule has 1 aliphatic rings. The van der Waals surface area contributed by atoms with Crippen LogP contribution in [0.25, 0.3) is 0 Å². The molecule has 0 heterocycles. The molecule has 1 saturated carbocycles. The van der Waals surface area contributed by atoms with Crippen LogP contribution in [0.5, 0.6) is 0 Å². The lowest BCUT2D eigenvalue weighted by atomic mass is 10.0. The predicted octanol–water partition coefficient (Wildman–Crippen LogP) is 2.32. The maximum Gasteiger partial charge on any atom is 0.249 e. The molecule has 0 saturated heterocycles. The molecule has 0 radical (unpaired) electrons. The van der Waals surface area contributed by atoms with Gasteiger partial charge in [-0.2, -0.15) is 0 Å². The summed E-state index contributed by atoms with van der Waals surface area (Å²) >= 11 is 6.00. The van der Waals surface area contributed by atoms with E-state index >= 15 is 0 Å². The molecule has 1 aromatic rings. The van der Waals surface area contributed by atoms with E-state index in [1.807, 2.05) is 6.07 Å². The first kappa shape index (κ1) is 8.57. The Morgan fingerprint density at radius 2 is 2.15 bits per heavy atom. The smallest absolute Gasteiger partial charge is 0.249 e. The van der Waals surface area contributed by atoms with E-state index in [2.05, 4.69) is 0 Å². The fourth-order valence-electron chi connectivity index (χ4n) is 1.54. The van der Waals surface area contributed by atoms with Crippen LogP contribution in [0.15, 0.2) is 18.2 Å². The Morgan fingerprint density at radius 1 is 1.46 bits per heavy atom. The predicted molar refractivity (Wildman–Crippen MR) is 51.9 cm³/mol. The Morgan fingerprint density at radius 3 is 2.69 bits per heavy atom. The molecule has 1 aliphatic carbocycles. The number of nitrogens with two attached hydrogens (primary N) is 1. The first-order valence-electron chi connectivity index (χ1n) is 4.28. The molecule has 2 nitrogen and oxygen atoms in total. The monoisotopic (exact) mass is 195 g/mol. The van der Waals surface area contributed by atoms with Crippen molar-refractivity contribution in [3.63, 3.8) is 0 Å². The lowest BCUT2D eigenvalue weighted by Crippen LogP contribution is -2.13. The van der Waals surface area contributed by atoms with E-state index in [0.29, 0.717) is 16.5 Å². The molecule has 1 fully saturated rings. The molecule has 0 unspecified atom stereocenters. The molecule has 0 aromatic heterocycles. The molecule has 13 heavy (non-hydrogen) atoms. The van der Waals surface area contributed by atoms with Gasteiger partial charge >= 0.3 is 0 Å². The molecule has 3 heteroatoms. The van der Waals surface area contributed by atoms with Crippen LogP contribution in [-0.4, -0.2) is 5.91 Å². The van der Waals surface area contributed by atoms with Gasteiger partial charge in [-0.15, -0.1) is 0 Å². The minimum atomic E-state index is -0.385. The minimum absolute atomic E-state index is 0.385. The molecule has 2 N–H and O–H groups in total. The van der Waals surface area contributed by atoms with E-state index in [9.17, 15) is 4.79 Å². The highest BCUT2D eigenvalue weighted by atomic mass is 35.5. The number of halogens is 1. The van der Waals surface area contributed by atoms with Gasteiger partial charge in [-0.05, 0) is 36.5 Å². The standard InChI is InChI=1S/C10H10ClNO/c11-8-3-1-2-7(10(12)13)9(8)6-4-5-6/h1-3,6H,4-5H2,(H2,12,13). The van der Waals surface area contributed by atoms with Gasteiger partial charge in [0.2, 0.25) is 5.91 Å². The first-order chi connectivity index (χ1) is 6.20. The molecule has 2 rings (SSSR count). The molecular weight excluding hydrogens is 186 g/mol. The van der Waals surface area contributed by atoms with Gasteiger partial charge in [-0.25, -0.2) is 0 Å². The largest absolute Gasteiger partial charge is 0.366 e.